The van der Waals surface area contributed by atoms with Gasteiger partial charge in [-0.05, 0) is 96.4 Å². The number of aryl methyl sites for hydroxylation is 2. The van der Waals surface area contributed by atoms with Crippen LogP contribution in [0.3, 0.4) is 0 Å². The molecular weight excluding hydrogens is 398 g/mol. The van der Waals surface area contributed by atoms with Crippen molar-refractivity contribution in [2.75, 3.05) is 0 Å². The van der Waals surface area contributed by atoms with Crippen LogP contribution in [0.5, 0.6) is 5.75 Å². The lowest BCUT2D eigenvalue weighted by molar-refractivity contribution is -0.404. The highest BCUT2D eigenvalue weighted by Gasteiger charge is 2.53. The molecule has 2 saturated carbocycles. The summed E-state index contributed by atoms with van der Waals surface area (Å²) < 4.78 is 6.28. The van der Waals surface area contributed by atoms with Gasteiger partial charge in [0.1, 0.15) is 12.4 Å². The van der Waals surface area contributed by atoms with E-state index in [0.717, 1.165) is 49.8 Å². The van der Waals surface area contributed by atoms with Gasteiger partial charge >= 0.3 is 0 Å². The van der Waals surface area contributed by atoms with E-state index in [0.29, 0.717) is 24.4 Å². The van der Waals surface area contributed by atoms with Crippen LogP contribution in [-0.2, 0) is 19.4 Å². The molecule has 3 aliphatic rings. The molecule has 2 aromatic carbocycles. The Balaban J connectivity index is 1.41. The minimum absolute atomic E-state index is 0.0120. The average molecular weight is 432 g/mol. The number of benzene rings is 2. The topological polar surface area (TPSA) is 52.4 Å². The molecule has 0 aromatic heterocycles. The molecule has 168 valence electrons. The summed E-state index contributed by atoms with van der Waals surface area (Å²) >= 11 is 0. The highest BCUT2D eigenvalue weighted by molar-refractivity contribution is 5.47. The molecule has 0 spiro atoms. The van der Waals surface area contributed by atoms with Gasteiger partial charge in [-0.1, -0.05) is 50.2 Å². The second-order valence-electron chi connectivity index (χ2n) is 10.1. The van der Waals surface area contributed by atoms with Crippen LogP contribution in [0.25, 0.3) is 0 Å². The van der Waals surface area contributed by atoms with Crippen molar-refractivity contribution in [2.24, 2.45) is 17.3 Å². The zero-order valence-corrected chi connectivity index (χ0v) is 19.2. The van der Waals surface area contributed by atoms with E-state index in [-0.39, 0.29) is 10.3 Å². The number of hydrogen-bond donors (Lipinski definition) is 0. The molecule has 0 aliphatic heterocycles. The van der Waals surface area contributed by atoms with Gasteiger partial charge in [-0.3, -0.25) is 10.1 Å². The summed E-state index contributed by atoms with van der Waals surface area (Å²) in [5, 5.41) is 11.2. The van der Waals surface area contributed by atoms with E-state index in [9.17, 15) is 10.1 Å². The molecule has 0 radical (unpaired) electrons. The molecule has 2 aromatic rings. The Hall–Kier alpha value is -2.62. The minimum Gasteiger partial charge on any atom is -0.489 e. The predicted octanol–water partition coefficient (Wildman–Crippen LogP) is 6.84. The number of fused-ring (bicyclic) bond motifs is 5. The monoisotopic (exact) mass is 431 g/mol. The third-order valence-corrected chi connectivity index (χ3v) is 8.63. The molecular formula is C28H33NO3. The van der Waals surface area contributed by atoms with E-state index in [2.05, 4.69) is 50.2 Å². The van der Waals surface area contributed by atoms with Gasteiger partial charge in [0.05, 0.1) is 4.92 Å². The van der Waals surface area contributed by atoms with Gasteiger partial charge < -0.3 is 4.74 Å². The number of nitrogens with zero attached hydrogens (tertiary/aromatic N) is 1. The Kier molecular flexibility index (Phi) is 5.56. The summed E-state index contributed by atoms with van der Waals surface area (Å²) in [6, 6.07) is 15.1. The second-order valence-corrected chi connectivity index (χ2v) is 10.1. The van der Waals surface area contributed by atoms with E-state index >= 15 is 0 Å². The summed E-state index contributed by atoms with van der Waals surface area (Å²) in [6.45, 7) is 5.11. The molecule has 3 aliphatic carbocycles. The maximum atomic E-state index is 11.2. The first-order valence-corrected chi connectivity index (χ1v) is 12.2. The first-order chi connectivity index (χ1) is 15.5. The molecule has 0 heterocycles. The zero-order valence-electron chi connectivity index (χ0n) is 19.2. The SMILES string of the molecule is CCc1cc2c(cc1OCc1ccccc1)CC[C@@H]1[C@@H]2CC[C@]2(C)/C(=C/[N+](=O)[O-])CC[C@@H]12. The fourth-order valence-electron chi connectivity index (χ4n) is 6.98. The molecule has 4 atom stereocenters. The largest absolute Gasteiger partial charge is 0.489 e. The molecule has 5 rings (SSSR count). The molecule has 0 amide bonds. The Morgan fingerprint density at radius 3 is 2.72 bits per heavy atom. The Morgan fingerprint density at radius 2 is 1.97 bits per heavy atom. The maximum Gasteiger partial charge on any atom is 0.234 e. The van der Waals surface area contributed by atoms with Gasteiger partial charge in [-0.15, -0.1) is 0 Å². The van der Waals surface area contributed by atoms with Crippen LogP contribution in [-0.4, -0.2) is 4.92 Å². The van der Waals surface area contributed by atoms with Gasteiger partial charge in [-0.25, -0.2) is 0 Å². The van der Waals surface area contributed by atoms with E-state index in [1.165, 1.54) is 34.9 Å². The summed E-state index contributed by atoms with van der Waals surface area (Å²) in [5.74, 6) is 2.82. The molecule has 0 N–H and O–H groups in total. The van der Waals surface area contributed by atoms with Crippen LogP contribution in [0, 0.1) is 27.4 Å². The van der Waals surface area contributed by atoms with Crippen molar-refractivity contribution < 1.29 is 9.66 Å². The first-order valence-electron chi connectivity index (χ1n) is 12.2. The molecule has 0 unspecified atom stereocenters. The lowest BCUT2D eigenvalue weighted by atomic mass is 9.55. The number of hydrogen-bond acceptors (Lipinski definition) is 3. The van der Waals surface area contributed by atoms with Gasteiger partial charge in [-0.2, -0.15) is 0 Å². The smallest absolute Gasteiger partial charge is 0.234 e. The van der Waals surface area contributed by atoms with E-state index < -0.39 is 0 Å². The second kappa shape index (κ2) is 8.38. The Labute approximate surface area is 190 Å². The number of nitro groups is 1. The molecule has 0 bridgehead atoms. The molecule has 32 heavy (non-hydrogen) atoms. The van der Waals surface area contributed by atoms with Gasteiger partial charge in [0.15, 0.2) is 0 Å². The predicted molar refractivity (Wildman–Crippen MR) is 126 cm³/mol. The van der Waals surface area contributed by atoms with Crippen LogP contribution >= 0.6 is 0 Å². The normalized spacial score (nSPS) is 29.8. The highest BCUT2D eigenvalue weighted by atomic mass is 16.6. The number of ether oxygens (including phenoxy) is 1. The Bertz CT molecular complexity index is 1040. The zero-order chi connectivity index (χ0) is 22.3. The molecule has 0 saturated heterocycles. The van der Waals surface area contributed by atoms with Crippen LogP contribution in [0.15, 0.2) is 54.2 Å². The summed E-state index contributed by atoms with van der Waals surface area (Å²) in [5.41, 5.74) is 6.56. The van der Waals surface area contributed by atoms with E-state index in [4.69, 9.17) is 4.74 Å². The quantitative estimate of drug-likeness (QED) is 0.384. The lowest BCUT2D eigenvalue weighted by Gasteiger charge is -2.49. The van der Waals surface area contributed by atoms with Gasteiger partial charge in [0, 0.05) is 5.57 Å². The van der Waals surface area contributed by atoms with E-state index in [1.54, 1.807) is 0 Å². The van der Waals surface area contributed by atoms with Crippen molar-refractivity contribution in [3.63, 3.8) is 0 Å². The summed E-state index contributed by atoms with van der Waals surface area (Å²) in [4.78, 5) is 10.9. The standard InChI is InChI=1S/C28H33NO3/c1-3-20-15-25-21(16-27(20)32-18-19-7-5-4-6-8-19)9-11-24-23(25)13-14-28(2)22(17-29(30)31)10-12-26(24)28/h4-8,15-17,23-24,26H,3,9-14,18H2,1-2H3/b22-17+/t23-,24+,26-,28+/m0/s1. The highest BCUT2D eigenvalue weighted by Crippen LogP contribution is 2.63. The van der Waals surface area contributed by atoms with Crippen molar-refractivity contribution in [3.8, 4) is 5.75 Å². The van der Waals surface area contributed by atoms with E-state index in [1.807, 2.05) is 6.07 Å². The van der Waals surface area contributed by atoms with Crippen molar-refractivity contribution in [2.45, 2.75) is 71.3 Å². The minimum atomic E-state index is -0.240. The molecule has 4 nitrogen and oxygen atoms in total. The molecule has 2 fully saturated rings. The third-order valence-electron chi connectivity index (χ3n) is 8.63. The lowest BCUT2D eigenvalue weighted by Crippen LogP contribution is -2.40. The average Bonchev–Trinajstić information content (AvgIpc) is 3.13. The third kappa shape index (κ3) is 3.64. The number of allylic oxidation sites excluding steroid dienone is 1. The fraction of sp³-hybridized carbons (Fsp3) is 0.500. The molecule has 4 heteroatoms. The van der Waals surface area contributed by atoms with Crippen molar-refractivity contribution in [1.82, 2.24) is 0 Å². The summed E-state index contributed by atoms with van der Waals surface area (Å²) in [7, 11) is 0. The van der Waals surface area contributed by atoms with Crippen LogP contribution in [0.1, 0.15) is 74.1 Å². The Morgan fingerprint density at radius 1 is 1.16 bits per heavy atom. The van der Waals surface area contributed by atoms with Crippen molar-refractivity contribution in [3.05, 3.63) is 86.6 Å². The fourth-order valence-corrected chi connectivity index (χ4v) is 6.98. The maximum absolute atomic E-state index is 11.2. The van der Waals surface area contributed by atoms with Crippen molar-refractivity contribution in [1.29, 1.82) is 0 Å². The van der Waals surface area contributed by atoms with Gasteiger partial charge in [0.25, 0.3) is 0 Å². The van der Waals surface area contributed by atoms with Crippen molar-refractivity contribution >= 4 is 0 Å². The summed E-state index contributed by atoms with van der Waals surface area (Å²) in [6.07, 6.45) is 8.75. The number of rotatable bonds is 5. The van der Waals surface area contributed by atoms with Crippen LogP contribution in [0.2, 0.25) is 0 Å². The van der Waals surface area contributed by atoms with Crippen LogP contribution < -0.4 is 4.74 Å². The van der Waals surface area contributed by atoms with Crippen LogP contribution in [0.4, 0.5) is 0 Å². The van der Waals surface area contributed by atoms with Gasteiger partial charge in [0.2, 0.25) is 6.20 Å². The first kappa shape index (κ1) is 21.2.